The molecule has 1 saturated heterocycles. The van der Waals surface area contributed by atoms with Crippen LogP contribution in [0.1, 0.15) is 12.0 Å². The first-order chi connectivity index (χ1) is 7.27. The molecule has 1 aromatic rings. The minimum atomic E-state index is -0.445. The fourth-order valence-corrected chi connectivity index (χ4v) is 2.76. The highest BCUT2D eigenvalue weighted by molar-refractivity contribution is 8.22. The van der Waals surface area contributed by atoms with Gasteiger partial charge in [-0.1, -0.05) is 30.0 Å². The molecule has 1 aromatic heterocycles. The molecular formula is C10H12N2OS2. The molecule has 0 aromatic carbocycles. The molecule has 0 bridgehead atoms. The molecule has 2 rings (SSSR count). The summed E-state index contributed by atoms with van der Waals surface area (Å²) in [6.45, 7) is 0.640. The molecule has 1 aliphatic heterocycles. The van der Waals surface area contributed by atoms with Crippen LogP contribution in [0.5, 0.6) is 0 Å². The van der Waals surface area contributed by atoms with Crippen LogP contribution in [0.3, 0.4) is 0 Å². The van der Waals surface area contributed by atoms with Crippen LogP contribution in [0.4, 0.5) is 0 Å². The van der Waals surface area contributed by atoms with E-state index in [0.717, 1.165) is 22.1 Å². The van der Waals surface area contributed by atoms with Crippen LogP contribution in [0.2, 0.25) is 0 Å². The van der Waals surface area contributed by atoms with Crippen molar-refractivity contribution in [2.24, 2.45) is 0 Å². The Hall–Kier alpha value is -0.650. The summed E-state index contributed by atoms with van der Waals surface area (Å²) in [5.41, 5.74) is 1.07. The van der Waals surface area contributed by atoms with E-state index in [2.05, 4.69) is 4.98 Å². The van der Waals surface area contributed by atoms with Gasteiger partial charge < -0.3 is 10.0 Å². The minimum absolute atomic E-state index is 0.445. The van der Waals surface area contributed by atoms with Gasteiger partial charge >= 0.3 is 0 Å². The van der Waals surface area contributed by atoms with E-state index in [4.69, 9.17) is 12.2 Å². The largest absolute Gasteiger partial charge is 0.374 e. The van der Waals surface area contributed by atoms with Crippen LogP contribution in [-0.4, -0.2) is 31.3 Å². The van der Waals surface area contributed by atoms with Gasteiger partial charge in [0.2, 0.25) is 0 Å². The number of aromatic nitrogens is 1. The zero-order valence-electron chi connectivity index (χ0n) is 8.17. The Bertz CT molecular complexity index is 345. The lowest BCUT2D eigenvalue weighted by Crippen LogP contribution is -2.41. The predicted molar refractivity (Wildman–Crippen MR) is 65.5 cm³/mol. The van der Waals surface area contributed by atoms with Crippen molar-refractivity contribution >= 4 is 28.3 Å². The average Bonchev–Trinajstić information content (AvgIpc) is 2.25. The number of thiocarbonyl (C=S) groups is 1. The summed E-state index contributed by atoms with van der Waals surface area (Å²) in [6.07, 6.45) is 3.86. The van der Waals surface area contributed by atoms with Crippen molar-refractivity contribution in [3.05, 3.63) is 30.1 Å². The Labute approximate surface area is 98.5 Å². The first-order valence-electron chi connectivity index (χ1n) is 4.78. The molecule has 0 spiro atoms. The molecule has 1 atom stereocenters. The monoisotopic (exact) mass is 240 g/mol. The molecule has 0 amide bonds. The predicted octanol–water partition coefficient (Wildman–Crippen LogP) is 1.62. The maximum Gasteiger partial charge on any atom is 0.138 e. The Kier molecular flexibility index (Phi) is 3.56. The van der Waals surface area contributed by atoms with Crippen LogP contribution in [0.15, 0.2) is 24.5 Å². The lowest BCUT2D eigenvalue weighted by atomic mass is 10.2. The molecule has 0 aliphatic carbocycles. The summed E-state index contributed by atoms with van der Waals surface area (Å²) in [5.74, 6) is 0.906. The van der Waals surface area contributed by atoms with E-state index in [1.807, 2.05) is 17.0 Å². The lowest BCUT2D eigenvalue weighted by Gasteiger charge is -2.33. The molecule has 1 aliphatic rings. The molecule has 80 valence electrons. The SMILES string of the molecule is OC1CCSC(=S)N1Cc1cccnc1. The molecule has 1 fully saturated rings. The standard InChI is InChI=1S/C10H12N2OS2/c13-9-3-5-15-10(14)12(9)7-8-2-1-4-11-6-8/h1-2,4,6,9,13H,3,5,7H2. The second-order valence-corrected chi connectivity index (χ2v) is 5.10. The number of hydrogen-bond donors (Lipinski definition) is 1. The minimum Gasteiger partial charge on any atom is -0.374 e. The number of thioether (sulfide) groups is 1. The Morgan fingerprint density at radius 1 is 1.67 bits per heavy atom. The first kappa shape index (κ1) is 10.9. The molecule has 0 saturated carbocycles. The number of aliphatic hydroxyl groups excluding tert-OH is 1. The van der Waals surface area contributed by atoms with E-state index in [1.54, 1.807) is 24.2 Å². The van der Waals surface area contributed by atoms with Gasteiger partial charge in [-0.25, -0.2) is 0 Å². The van der Waals surface area contributed by atoms with E-state index < -0.39 is 6.23 Å². The third-order valence-corrected chi connectivity index (χ3v) is 3.78. The Morgan fingerprint density at radius 2 is 2.53 bits per heavy atom. The second-order valence-electron chi connectivity index (χ2n) is 3.37. The topological polar surface area (TPSA) is 36.4 Å². The average molecular weight is 240 g/mol. The summed E-state index contributed by atoms with van der Waals surface area (Å²) >= 11 is 6.84. The van der Waals surface area contributed by atoms with E-state index in [9.17, 15) is 5.11 Å². The van der Waals surface area contributed by atoms with Gasteiger partial charge in [-0.3, -0.25) is 4.98 Å². The summed E-state index contributed by atoms with van der Waals surface area (Å²) in [4.78, 5) is 5.89. The molecule has 1 unspecified atom stereocenters. The van der Waals surface area contributed by atoms with Crippen LogP contribution in [0.25, 0.3) is 0 Å². The highest BCUT2D eigenvalue weighted by atomic mass is 32.2. The van der Waals surface area contributed by atoms with Gasteiger partial charge in [-0.15, -0.1) is 0 Å². The fourth-order valence-electron chi connectivity index (χ4n) is 1.47. The highest BCUT2D eigenvalue weighted by Crippen LogP contribution is 2.23. The van der Waals surface area contributed by atoms with Gasteiger partial charge in [-0.05, 0) is 11.6 Å². The van der Waals surface area contributed by atoms with Crippen molar-refractivity contribution in [1.29, 1.82) is 0 Å². The van der Waals surface area contributed by atoms with Crippen molar-refractivity contribution in [3.63, 3.8) is 0 Å². The van der Waals surface area contributed by atoms with Gasteiger partial charge in [0, 0.05) is 31.1 Å². The molecule has 15 heavy (non-hydrogen) atoms. The van der Waals surface area contributed by atoms with Gasteiger partial charge in [0.15, 0.2) is 0 Å². The molecule has 0 radical (unpaired) electrons. The summed E-state index contributed by atoms with van der Waals surface area (Å²) in [7, 11) is 0. The fraction of sp³-hybridized carbons (Fsp3) is 0.400. The van der Waals surface area contributed by atoms with E-state index in [0.29, 0.717) is 6.54 Å². The normalized spacial score (nSPS) is 21.8. The van der Waals surface area contributed by atoms with Gasteiger partial charge in [0.25, 0.3) is 0 Å². The quantitative estimate of drug-likeness (QED) is 0.795. The van der Waals surface area contributed by atoms with E-state index in [-0.39, 0.29) is 0 Å². The number of pyridine rings is 1. The number of nitrogens with zero attached hydrogens (tertiary/aromatic N) is 2. The van der Waals surface area contributed by atoms with Crippen molar-refractivity contribution in [2.45, 2.75) is 19.2 Å². The van der Waals surface area contributed by atoms with Crippen molar-refractivity contribution < 1.29 is 5.11 Å². The molecule has 2 heterocycles. The summed E-state index contributed by atoms with van der Waals surface area (Å²) in [5, 5.41) is 9.81. The first-order valence-corrected chi connectivity index (χ1v) is 6.17. The number of rotatable bonds is 2. The van der Waals surface area contributed by atoms with Crippen LogP contribution < -0.4 is 0 Å². The molecular weight excluding hydrogens is 228 g/mol. The Balaban J connectivity index is 2.07. The van der Waals surface area contributed by atoms with Crippen molar-refractivity contribution in [2.75, 3.05) is 5.75 Å². The zero-order chi connectivity index (χ0) is 10.7. The van der Waals surface area contributed by atoms with Crippen molar-refractivity contribution in [1.82, 2.24) is 9.88 Å². The lowest BCUT2D eigenvalue weighted by molar-refractivity contribution is 0.0481. The van der Waals surface area contributed by atoms with E-state index in [1.165, 1.54) is 0 Å². The maximum atomic E-state index is 9.81. The summed E-state index contributed by atoms with van der Waals surface area (Å²) in [6, 6.07) is 3.88. The van der Waals surface area contributed by atoms with Crippen LogP contribution >= 0.6 is 24.0 Å². The second kappa shape index (κ2) is 4.92. The van der Waals surface area contributed by atoms with E-state index >= 15 is 0 Å². The van der Waals surface area contributed by atoms with Crippen LogP contribution in [-0.2, 0) is 6.54 Å². The van der Waals surface area contributed by atoms with Crippen molar-refractivity contribution in [3.8, 4) is 0 Å². The highest BCUT2D eigenvalue weighted by Gasteiger charge is 2.23. The van der Waals surface area contributed by atoms with Gasteiger partial charge in [0.1, 0.15) is 10.5 Å². The zero-order valence-corrected chi connectivity index (χ0v) is 9.80. The third kappa shape index (κ3) is 2.68. The molecule has 5 heteroatoms. The van der Waals surface area contributed by atoms with Gasteiger partial charge in [0.05, 0.1) is 0 Å². The maximum absolute atomic E-state index is 9.81. The smallest absolute Gasteiger partial charge is 0.138 e. The molecule has 3 nitrogen and oxygen atoms in total. The summed E-state index contributed by atoms with van der Waals surface area (Å²) < 4.78 is 0.776. The number of hydrogen-bond acceptors (Lipinski definition) is 4. The molecule has 1 N–H and O–H groups in total. The van der Waals surface area contributed by atoms with Gasteiger partial charge in [-0.2, -0.15) is 0 Å². The Morgan fingerprint density at radius 3 is 3.20 bits per heavy atom. The van der Waals surface area contributed by atoms with Crippen LogP contribution in [0, 0.1) is 0 Å². The number of aliphatic hydroxyl groups is 1. The third-order valence-electron chi connectivity index (χ3n) is 2.27.